The average molecular weight is 482 g/mol. The molecule has 0 unspecified atom stereocenters. The van der Waals surface area contributed by atoms with Crippen molar-refractivity contribution in [3.8, 4) is 5.69 Å². The van der Waals surface area contributed by atoms with Gasteiger partial charge in [-0.05, 0) is 85.6 Å². The molecule has 0 saturated carbocycles. The molecule has 1 fully saturated rings. The van der Waals surface area contributed by atoms with Gasteiger partial charge in [-0.15, -0.1) is 0 Å². The second-order valence-electron chi connectivity index (χ2n) is 8.46. The number of para-hydroxylation sites is 2. The summed E-state index contributed by atoms with van der Waals surface area (Å²) in [4.78, 5) is 20.6. The molecule has 0 atom stereocenters. The van der Waals surface area contributed by atoms with Gasteiger partial charge in [0.25, 0.3) is 5.91 Å². The first-order chi connectivity index (χ1) is 17.0. The zero-order valence-corrected chi connectivity index (χ0v) is 20.9. The number of furan rings is 1. The molecule has 35 heavy (non-hydrogen) atoms. The number of amidine groups is 1. The minimum atomic E-state index is -0.0696. The molecule has 176 valence electrons. The van der Waals surface area contributed by atoms with E-state index in [1.54, 1.807) is 11.2 Å². The molecule has 0 aliphatic carbocycles. The fourth-order valence-electron chi connectivity index (χ4n) is 4.38. The Bertz CT molecular complexity index is 1420. The van der Waals surface area contributed by atoms with Crippen LogP contribution in [0, 0.1) is 13.8 Å². The third-order valence-corrected chi connectivity index (χ3v) is 7.14. The summed E-state index contributed by atoms with van der Waals surface area (Å²) in [5.41, 5.74) is 6.56. The van der Waals surface area contributed by atoms with E-state index in [1.165, 1.54) is 23.0 Å². The molecule has 2 aromatic carbocycles. The lowest BCUT2D eigenvalue weighted by Crippen LogP contribution is -2.28. The van der Waals surface area contributed by atoms with Gasteiger partial charge in [-0.2, -0.15) is 0 Å². The van der Waals surface area contributed by atoms with Crippen molar-refractivity contribution in [2.45, 2.75) is 33.7 Å². The van der Waals surface area contributed by atoms with Crippen LogP contribution in [-0.2, 0) is 17.8 Å². The van der Waals surface area contributed by atoms with Gasteiger partial charge in [0.2, 0.25) is 0 Å². The zero-order chi connectivity index (χ0) is 24.4. The number of nitrogens with zero attached hydrogens (tertiary/aromatic N) is 3. The Morgan fingerprint density at radius 1 is 1.00 bits per heavy atom. The first-order valence-corrected chi connectivity index (χ1v) is 12.5. The standard InChI is InChI=1S/C29H27N3O2S/c1-4-22-11-8-9-15-26(22)32-20(2)17-23(21(32)3)18-27-28(33)31(19-25-14-10-16-34-25)29(35-27)30-24-12-6-5-7-13-24/h5-18H,4,19H2,1-3H3/b27-18-,30-29?. The predicted octanol–water partition coefficient (Wildman–Crippen LogP) is 7.05. The number of carbonyl (C=O) groups excluding carboxylic acids is 1. The molecule has 0 bridgehead atoms. The van der Waals surface area contributed by atoms with Crippen molar-refractivity contribution in [1.82, 2.24) is 9.47 Å². The van der Waals surface area contributed by atoms with Crippen molar-refractivity contribution in [3.05, 3.63) is 112 Å². The van der Waals surface area contributed by atoms with Gasteiger partial charge in [-0.1, -0.05) is 43.3 Å². The van der Waals surface area contributed by atoms with E-state index in [1.807, 2.05) is 48.5 Å². The largest absolute Gasteiger partial charge is 0.467 e. The molecular formula is C29H27N3O2S. The molecule has 2 aromatic heterocycles. The monoisotopic (exact) mass is 481 g/mol. The predicted molar refractivity (Wildman–Crippen MR) is 143 cm³/mol. The van der Waals surface area contributed by atoms with Gasteiger partial charge >= 0.3 is 0 Å². The molecule has 1 saturated heterocycles. The highest BCUT2D eigenvalue weighted by molar-refractivity contribution is 8.18. The Kier molecular flexibility index (Phi) is 6.47. The summed E-state index contributed by atoms with van der Waals surface area (Å²) in [5.74, 6) is 0.648. The Morgan fingerprint density at radius 3 is 2.51 bits per heavy atom. The summed E-state index contributed by atoms with van der Waals surface area (Å²) in [5, 5.41) is 0.647. The highest BCUT2D eigenvalue weighted by Crippen LogP contribution is 2.36. The van der Waals surface area contributed by atoms with Gasteiger partial charge in [-0.3, -0.25) is 9.69 Å². The number of carbonyl (C=O) groups is 1. The van der Waals surface area contributed by atoms with Crippen LogP contribution in [0.25, 0.3) is 11.8 Å². The smallest absolute Gasteiger partial charge is 0.267 e. The number of hydrogen-bond acceptors (Lipinski definition) is 4. The maximum Gasteiger partial charge on any atom is 0.267 e. The van der Waals surface area contributed by atoms with Gasteiger partial charge in [-0.25, -0.2) is 4.99 Å². The fraction of sp³-hybridized carbons (Fsp3) is 0.172. The lowest BCUT2D eigenvalue weighted by atomic mass is 10.1. The van der Waals surface area contributed by atoms with Crippen LogP contribution in [0.15, 0.2) is 93.4 Å². The minimum absolute atomic E-state index is 0.0696. The van der Waals surface area contributed by atoms with E-state index in [9.17, 15) is 4.79 Å². The Hall–Kier alpha value is -3.77. The van der Waals surface area contributed by atoms with Crippen LogP contribution in [-0.4, -0.2) is 20.5 Å². The Labute approximate surface area is 209 Å². The van der Waals surface area contributed by atoms with Crippen LogP contribution >= 0.6 is 11.8 Å². The van der Waals surface area contributed by atoms with Crippen molar-refractivity contribution in [1.29, 1.82) is 0 Å². The summed E-state index contributed by atoms with van der Waals surface area (Å²) in [6.45, 7) is 6.72. The molecule has 5 nitrogen and oxygen atoms in total. The molecule has 6 heteroatoms. The van der Waals surface area contributed by atoms with Gasteiger partial charge < -0.3 is 8.98 Å². The Morgan fingerprint density at radius 2 is 1.77 bits per heavy atom. The van der Waals surface area contributed by atoms with Crippen molar-refractivity contribution >= 4 is 34.6 Å². The molecule has 1 aliphatic rings. The van der Waals surface area contributed by atoms with E-state index in [0.717, 1.165) is 34.8 Å². The summed E-state index contributed by atoms with van der Waals surface area (Å²) < 4.78 is 7.80. The van der Waals surface area contributed by atoms with E-state index < -0.39 is 0 Å². The van der Waals surface area contributed by atoms with Gasteiger partial charge in [0.05, 0.1) is 23.4 Å². The molecule has 1 aliphatic heterocycles. The lowest BCUT2D eigenvalue weighted by molar-refractivity contribution is -0.122. The number of thioether (sulfide) groups is 1. The molecule has 4 aromatic rings. The van der Waals surface area contributed by atoms with Gasteiger partial charge in [0.15, 0.2) is 5.17 Å². The number of aromatic nitrogens is 1. The van der Waals surface area contributed by atoms with E-state index in [2.05, 4.69) is 55.7 Å². The van der Waals surface area contributed by atoms with E-state index in [-0.39, 0.29) is 5.91 Å². The number of rotatable bonds is 6. The normalized spacial score (nSPS) is 16.1. The van der Waals surface area contributed by atoms with Crippen LogP contribution < -0.4 is 0 Å². The summed E-state index contributed by atoms with van der Waals surface area (Å²) >= 11 is 1.40. The van der Waals surface area contributed by atoms with Crippen LogP contribution in [0.3, 0.4) is 0 Å². The van der Waals surface area contributed by atoms with Crippen LogP contribution in [0.2, 0.25) is 0 Å². The van der Waals surface area contributed by atoms with Crippen molar-refractivity contribution < 1.29 is 9.21 Å². The SMILES string of the molecule is CCc1ccccc1-n1c(C)cc(/C=C2\SC(=Nc3ccccc3)N(Cc3ccco3)C2=O)c1C. The van der Waals surface area contributed by atoms with Crippen molar-refractivity contribution in [3.63, 3.8) is 0 Å². The number of hydrogen-bond donors (Lipinski definition) is 0. The highest BCUT2D eigenvalue weighted by atomic mass is 32.2. The quantitative estimate of drug-likeness (QED) is 0.277. The maximum atomic E-state index is 13.5. The molecule has 0 N–H and O–H groups in total. The number of amides is 1. The van der Waals surface area contributed by atoms with Crippen molar-refractivity contribution in [2.24, 2.45) is 4.99 Å². The number of aryl methyl sites for hydroxylation is 2. The number of aliphatic imine (C=N–C) groups is 1. The highest BCUT2D eigenvalue weighted by Gasteiger charge is 2.34. The van der Waals surface area contributed by atoms with E-state index in [0.29, 0.717) is 16.6 Å². The second kappa shape index (κ2) is 9.84. The fourth-order valence-corrected chi connectivity index (χ4v) is 5.36. The Balaban J connectivity index is 1.53. The van der Waals surface area contributed by atoms with Crippen LogP contribution in [0.1, 0.15) is 35.2 Å². The molecular weight excluding hydrogens is 454 g/mol. The topological polar surface area (TPSA) is 50.7 Å². The second-order valence-corrected chi connectivity index (χ2v) is 9.46. The summed E-state index contributed by atoms with van der Waals surface area (Å²) in [6.07, 6.45) is 4.57. The molecule has 0 spiro atoms. The van der Waals surface area contributed by atoms with Crippen LogP contribution in [0.4, 0.5) is 5.69 Å². The van der Waals surface area contributed by atoms with E-state index in [4.69, 9.17) is 9.41 Å². The number of benzene rings is 2. The van der Waals surface area contributed by atoms with E-state index >= 15 is 0 Å². The minimum Gasteiger partial charge on any atom is -0.467 e. The molecule has 5 rings (SSSR count). The summed E-state index contributed by atoms with van der Waals surface area (Å²) in [6, 6.07) is 24.0. The first kappa shape index (κ1) is 23.0. The lowest BCUT2D eigenvalue weighted by Gasteiger charge is -2.14. The molecule has 1 amide bonds. The molecule has 0 radical (unpaired) electrons. The third kappa shape index (κ3) is 4.62. The zero-order valence-electron chi connectivity index (χ0n) is 20.1. The van der Waals surface area contributed by atoms with Gasteiger partial charge in [0.1, 0.15) is 5.76 Å². The van der Waals surface area contributed by atoms with Crippen molar-refractivity contribution in [2.75, 3.05) is 0 Å². The third-order valence-electron chi connectivity index (χ3n) is 6.13. The maximum absolute atomic E-state index is 13.5. The summed E-state index contributed by atoms with van der Waals surface area (Å²) in [7, 11) is 0. The first-order valence-electron chi connectivity index (χ1n) is 11.7. The van der Waals surface area contributed by atoms with Gasteiger partial charge in [0, 0.05) is 17.1 Å². The average Bonchev–Trinajstić information content (AvgIpc) is 3.56. The van der Waals surface area contributed by atoms with Crippen LogP contribution in [0.5, 0.6) is 0 Å². The molecule has 3 heterocycles.